The zero-order valence-corrected chi connectivity index (χ0v) is 14.9. The van der Waals surface area contributed by atoms with Crippen molar-refractivity contribution >= 4 is 32.8 Å². The van der Waals surface area contributed by atoms with Crippen LogP contribution in [0.5, 0.6) is 0 Å². The summed E-state index contributed by atoms with van der Waals surface area (Å²) >= 11 is 1.54. The third-order valence-corrected chi connectivity index (χ3v) is 7.11. The lowest BCUT2D eigenvalue weighted by atomic mass is 10.3. The van der Waals surface area contributed by atoms with Gasteiger partial charge in [-0.2, -0.15) is 0 Å². The molecule has 1 aromatic carbocycles. The number of aromatic nitrogens is 2. The predicted molar refractivity (Wildman–Crippen MR) is 92.9 cm³/mol. The van der Waals surface area contributed by atoms with E-state index in [9.17, 15) is 13.2 Å². The highest BCUT2D eigenvalue weighted by atomic mass is 32.2. The largest absolute Gasteiger partial charge is 0.328 e. The third kappa shape index (κ3) is 2.78. The molecule has 130 valence electrons. The molecule has 4 N–H and O–H groups in total. The molecule has 2 heterocycles. The Labute approximate surface area is 143 Å². The number of hydrogen-bond donors (Lipinski definition) is 4. The number of thioether (sulfide) groups is 1. The van der Waals surface area contributed by atoms with Gasteiger partial charge in [0.1, 0.15) is 0 Å². The minimum atomic E-state index is -3.61. The fraction of sp³-hybridized carbons (Fsp3) is 0.500. The van der Waals surface area contributed by atoms with E-state index in [0.29, 0.717) is 11.0 Å². The average molecular weight is 369 g/mol. The molecule has 0 bridgehead atoms. The molecule has 2 fully saturated rings. The molecule has 1 aliphatic carbocycles. The van der Waals surface area contributed by atoms with Gasteiger partial charge < -0.3 is 4.98 Å². The Kier molecular flexibility index (Phi) is 3.59. The van der Waals surface area contributed by atoms with Crippen molar-refractivity contribution in [3.8, 4) is 0 Å². The quantitative estimate of drug-likeness (QED) is 0.635. The number of nitrogens with zero attached hydrogens (tertiary/aromatic N) is 1. The van der Waals surface area contributed by atoms with E-state index in [1.807, 2.05) is 13.8 Å². The highest BCUT2D eigenvalue weighted by molar-refractivity contribution is 8.00. The molecule has 1 saturated carbocycles. The van der Waals surface area contributed by atoms with Crippen LogP contribution in [0.4, 0.5) is 0 Å². The van der Waals surface area contributed by atoms with Crippen LogP contribution in [-0.4, -0.2) is 28.9 Å². The first kappa shape index (κ1) is 16.2. The first-order chi connectivity index (χ1) is 11.3. The fourth-order valence-electron chi connectivity index (χ4n) is 2.75. The summed E-state index contributed by atoms with van der Waals surface area (Å²) in [6.07, 6.45) is 1.69. The Morgan fingerprint density at radius 3 is 2.71 bits per heavy atom. The highest BCUT2D eigenvalue weighted by Gasteiger charge is 2.41. The summed E-state index contributed by atoms with van der Waals surface area (Å²) in [6.45, 7) is 3.87. The van der Waals surface area contributed by atoms with Crippen LogP contribution < -0.4 is 21.3 Å². The molecule has 0 spiro atoms. The molecule has 24 heavy (non-hydrogen) atoms. The second-order valence-electron chi connectivity index (χ2n) is 6.56. The van der Waals surface area contributed by atoms with E-state index in [0.717, 1.165) is 12.8 Å². The van der Waals surface area contributed by atoms with E-state index in [4.69, 9.17) is 0 Å². The van der Waals surface area contributed by atoms with E-state index in [1.165, 1.54) is 10.6 Å². The van der Waals surface area contributed by atoms with Gasteiger partial charge in [-0.1, -0.05) is 11.8 Å². The Balaban J connectivity index is 1.78. The van der Waals surface area contributed by atoms with Crippen molar-refractivity contribution in [3.63, 3.8) is 0 Å². The zero-order valence-electron chi connectivity index (χ0n) is 13.3. The summed E-state index contributed by atoms with van der Waals surface area (Å²) in [5.41, 5.74) is 6.34. The first-order valence-electron chi connectivity index (χ1n) is 7.72. The standard InChI is InChI=1S/C14H19N5O3S2/c1-8-16-17-13(23-8)19-11-7-9(3-4-10(11)15-12(19)20)24(21,22)18-14(2)5-6-14/h3-4,7-8,13,16-18H,5-6H2,1-2H3,(H,15,20). The monoisotopic (exact) mass is 369 g/mol. The Morgan fingerprint density at radius 1 is 1.33 bits per heavy atom. The molecule has 2 unspecified atom stereocenters. The van der Waals surface area contributed by atoms with Crippen LogP contribution >= 0.6 is 11.8 Å². The van der Waals surface area contributed by atoms with E-state index in [-0.39, 0.29) is 27.0 Å². The summed E-state index contributed by atoms with van der Waals surface area (Å²) in [5.74, 6) is 0. The van der Waals surface area contributed by atoms with Crippen LogP contribution in [0.15, 0.2) is 27.9 Å². The second-order valence-corrected chi connectivity index (χ2v) is 9.67. The number of rotatable bonds is 4. The lowest BCUT2D eigenvalue weighted by Crippen LogP contribution is -2.34. The number of sulfonamides is 1. The summed E-state index contributed by atoms with van der Waals surface area (Å²) in [5, 5.41) is 0.148. The Bertz CT molecular complexity index is 960. The topological polar surface area (TPSA) is 108 Å². The zero-order chi connectivity index (χ0) is 17.1. The van der Waals surface area contributed by atoms with Gasteiger partial charge in [-0.3, -0.25) is 4.57 Å². The number of fused-ring (bicyclic) bond motifs is 1. The molecule has 2 aliphatic rings. The number of hydrazine groups is 1. The van der Waals surface area contributed by atoms with Crippen LogP contribution in [-0.2, 0) is 10.0 Å². The van der Waals surface area contributed by atoms with Crippen molar-refractivity contribution in [3.05, 3.63) is 28.7 Å². The van der Waals surface area contributed by atoms with Gasteiger partial charge in [0.25, 0.3) is 0 Å². The molecular weight excluding hydrogens is 350 g/mol. The third-order valence-electron chi connectivity index (χ3n) is 4.36. The van der Waals surface area contributed by atoms with Crippen molar-refractivity contribution in [1.82, 2.24) is 25.1 Å². The van der Waals surface area contributed by atoms with Crippen molar-refractivity contribution < 1.29 is 8.42 Å². The first-order valence-corrected chi connectivity index (χ1v) is 10.1. The summed E-state index contributed by atoms with van der Waals surface area (Å²) in [7, 11) is -3.61. The maximum atomic E-state index is 12.6. The van der Waals surface area contributed by atoms with Crippen molar-refractivity contribution in [2.75, 3.05) is 0 Å². The Hall–Kier alpha value is -1.33. The second kappa shape index (κ2) is 5.33. The predicted octanol–water partition coefficient (Wildman–Crippen LogP) is 0.804. The summed E-state index contributed by atoms with van der Waals surface area (Å²) in [6, 6.07) is 4.70. The van der Waals surface area contributed by atoms with Crippen LogP contribution in [0.25, 0.3) is 11.0 Å². The van der Waals surface area contributed by atoms with Gasteiger partial charge in [0.05, 0.1) is 21.3 Å². The van der Waals surface area contributed by atoms with E-state index in [2.05, 4.69) is 20.6 Å². The van der Waals surface area contributed by atoms with E-state index < -0.39 is 10.0 Å². The normalized spacial score (nSPS) is 26.1. The van der Waals surface area contributed by atoms with Crippen LogP contribution in [0, 0.1) is 0 Å². The van der Waals surface area contributed by atoms with Gasteiger partial charge in [0, 0.05) is 5.54 Å². The van der Waals surface area contributed by atoms with Gasteiger partial charge in [-0.15, -0.1) is 0 Å². The number of benzene rings is 1. The number of imidazole rings is 1. The fourth-order valence-corrected chi connectivity index (χ4v) is 5.22. The molecule has 1 saturated heterocycles. The van der Waals surface area contributed by atoms with Crippen LogP contribution in [0.3, 0.4) is 0 Å². The lowest BCUT2D eigenvalue weighted by molar-refractivity contribution is 0.483. The number of nitrogens with one attached hydrogen (secondary N) is 4. The number of aromatic amines is 1. The molecule has 8 nitrogen and oxygen atoms in total. The Morgan fingerprint density at radius 2 is 2.08 bits per heavy atom. The van der Waals surface area contributed by atoms with Gasteiger partial charge in [0.2, 0.25) is 10.0 Å². The minimum Gasteiger partial charge on any atom is -0.305 e. The van der Waals surface area contributed by atoms with Gasteiger partial charge in [0.15, 0.2) is 5.50 Å². The molecule has 2 atom stereocenters. The molecule has 1 aliphatic heterocycles. The highest BCUT2D eigenvalue weighted by Crippen LogP contribution is 2.36. The SMILES string of the molecule is CC1NNC(n2c(=O)[nH]c3ccc(S(=O)(=O)NC4(C)CC4)cc32)S1. The molecule has 1 aromatic heterocycles. The van der Waals surface area contributed by atoms with Gasteiger partial charge in [-0.05, 0) is 44.9 Å². The van der Waals surface area contributed by atoms with Crippen molar-refractivity contribution in [1.29, 1.82) is 0 Å². The molecule has 2 aromatic rings. The minimum absolute atomic E-state index is 0.148. The molecule has 0 radical (unpaired) electrons. The number of H-pyrrole nitrogens is 1. The molecule has 10 heteroatoms. The molecule has 0 amide bonds. The van der Waals surface area contributed by atoms with Gasteiger partial charge >= 0.3 is 5.69 Å². The average Bonchev–Trinajstić information content (AvgIpc) is 2.92. The smallest absolute Gasteiger partial charge is 0.305 e. The van der Waals surface area contributed by atoms with Gasteiger partial charge in [-0.25, -0.2) is 28.8 Å². The van der Waals surface area contributed by atoms with Crippen LogP contribution in [0.2, 0.25) is 0 Å². The molecule has 4 rings (SSSR count). The number of hydrogen-bond acceptors (Lipinski definition) is 6. The lowest BCUT2D eigenvalue weighted by Gasteiger charge is -2.14. The summed E-state index contributed by atoms with van der Waals surface area (Å²) < 4.78 is 29.4. The maximum Gasteiger partial charge on any atom is 0.328 e. The van der Waals surface area contributed by atoms with E-state index >= 15 is 0 Å². The van der Waals surface area contributed by atoms with Crippen LogP contribution in [0.1, 0.15) is 32.2 Å². The maximum absolute atomic E-state index is 12.6. The molecular formula is C14H19N5O3S2. The van der Waals surface area contributed by atoms with E-state index in [1.54, 1.807) is 23.9 Å². The van der Waals surface area contributed by atoms with Crippen molar-refractivity contribution in [2.24, 2.45) is 0 Å². The summed E-state index contributed by atoms with van der Waals surface area (Å²) in [4.78, 5) is 15.2. The van der Waals surface area contributed by atoms with Crippen molar-refractivity contribution in [2.45, 2.75) is 48.0 Å².